The molecule has 0 aliphatic carbocycles. The number of aliphatic hydroxyl groups is 1. The van der Waals surface area contributed by atoms with Gasteiger partial charge in [0.1, 0.15) is 12.7 Å². The van der Waals surface area contributed by atoms with Crippen LogP contribution in [0.3, 0.4) is 0 Å². The molecule has 0 heterocycles. The van der Waals surface area contributed by atoms with Crippen LogP contribution in [-0.2, 0) is 42.2 Å². The highest BCUT2D eigenvalue weighted by molar-refractivity contribution is 7.47. The first-order valence-corrected chi connectivity index (χ1v) is 27.7. The van der Waals surface area contributed by atoms with E-state index in [2.05, 4.69) is 81.5 Å². The van der Waals surface area contributed by atoms with E-state index in [1.54, 1.807) is 0 Å². The fraction of sp³-hybridized carbons (Fsp3) is 0.759. The van der Waals surface area contributed by atoms with Crippen LogP contribution < -0.4 is 0 Å². The molecule has 382 valence electrons. The lowest BCUT2D eigenvalue weighted by Gasteiger charge is -2.21. The Morgan fingerprint density at radius 1 is 0.439 bits per heavy atom. The van der Waals surface area contributed by atoms with Crippen molar-refractivity contribution in [2.24, 2.45) is 0 Å². The molecule has 0 saturated carbocycles. The van der Waals surface area contributed by atoms with E-state index in [1.165, 1.54) is 51.4 Å². The number of rotatable bonds is 48. The summed E-state index contributed by atoms with van der Waals surface area (Å²) in [6.07, 6.45) is 50.4. The third-order valence-corrected chi connectivity index (χ3v) is 11.9. The number of hydrogen-bond donors (Lipinski definition) is 2. The lowest BCUT2D eigenvalue weighted by Crippen LogP contribution is -2.30. The molecule has 2 N–H and O–H groups in total. The van der Waals surface area contributed by atoms with Crippen LogP contribution in [0.25, 0.3) is 0 Å². The largest absolute Gasteiger partial charge is 0.472 e. The van der Waals surface area contributed by atoms with E-state index in [-0.39, 0.29) is 25.9 Å². The van der Waals surface area contributed by atoms with Gasteiger partial charge in [0.15, 0.2) is 6.10 Å². The van der Waals surface area contributed by atoms with Crippen molar-refractivity contribution in [1.29, 1.82) is 0 Å². The number of aliphatic hydroxyl groups excluding tert-OH is 1. The predicted octanol–water partition coefficient (Wildman–Crippen LogP) is 14.8. The molecular weight excluding hydrogens is 856 g/mol. The van der Waals surface area contributed by atoms with Gasteiger partial charge in [-0.25, -0.2) is 4.57 Å². The molecule has 0 saturated heterocycles. The molecule has 0 aromatic heterocycles. The first kappa shape index (κ1) is 63.2. The smallest absolute Gasteiger partial charge is 0.462 e. The number of unbranched alkanes of at least 4 members (excludes halogenated alkanes) is 21. The highest BCUT2D eigenvalue weighted by Gasteiger charge is 2.28. The zero-order valence-corrected chi connectivity index (χ0v) is 42.8. The zero-order valence-electron chi connectivity index (χ0n) is 41.9. The Labute approximate surface area is 402 Å². The maximum Gasteiger partial charge on any atom is 0.472 e. The van der Waals surface area contributed by atoms with Gasteiger partial charge >= 0.3 is 25.7 Å². The second-order valence-electron chi connectivity index (χ2n) is 17.3. The summed E-state index contributed by atoms with van der Waals surface area (Å²) < 4.78 is 39.3. The summed E-state index contributed by atoms with van der Waals surface area (Å²) in [6, 6.07) is 0. The summed E-state index contributed by atoms with van der Waals surface area (Å²) in [5.74, 6) is -1.50. The molecule has 12 heteroatoms. The maximum atomic E-state index is 12.8. The first-order valence-electron chi connectivity index (χ1n) is 26.2. The van der Waals surface area contributed by atoms with Crippen molar-refractivity contribution in [1.82, 2.24) is 0 Å². The number of carbonyl (C=O) groups is 3. The molecule has 11 nitrogen and oxygen atoms in total. The van der Waals surface area contributed by atoms with Gasteiger partial charge in [0.25, 0.3) is 0 Å². The summed E-state index contributed by atoms with van der Waals surface area (Å²) in [5.41, 5.74) is 0. The Bertz CT molecular complexity index is 1340. The van der Waals surface area contributed by atoms with Gasteiger partial charge in [-0.3, -0.25) is 23.4 Å². The third kappa shape index (κ3) is 46.3. The van der Waals surface area contributed by atoms with Crippen LogP contribution in [0.15, 0.2) is 60.8 Å². The first-order chi connectivity index (χ1) is 32.2. The number of phosphoric ester groups is 1. The minimum absolute atomic E-state index is 0.145. The monoisotopic (exact) mass is 951 g/mol. The van der Waals surface area contributed by atoms with Crippen LogP contribution in [0.4, 0.5) is 0 Å². The second-order valence-corrected chi connectivity index (χ2v) is 18.8. The molecule has 0 radical (unpaired) electrons. The van der Waals surface area contributed by atoms with Crippen LogP contribution in [0.2, 0.25) is 0 Å². The standard InChI is InChI=1S/C54H95O11P/c1-4-7-10-13-16-19-22-24-25-27-30-33-36-39-42-45-54(58)65-51(47-61-52(56)43-40-37-34-31-29-26-23-20-17-14-11-8-5-2)49-63-66(59,60)62-48-50(46-55)64-53(57)44-41-38-35-32-28-21-18-15-12-9-6-3/h7,10-11,14,16,19-20,23-25,50-51,55H,4-6,8-9,12-13,15,17-18,21-22,26-49H2,1-3H3,(H,59,60)/b10-7-,14-11-,19-16-,23-20-,25-24-. The van der Waals surface area contributed by atoms with Crippen LogP contribution in [0, 0.1) is 0 Å². The van der Waals surface area contributed by atoms with Crippen molar-refractivity contribution < 1.29 is 52.2 Å². The summed E-state index contributed by atoms with van der Waals surface area (Å²) in [4.78, 5) is 48.3. The molecule has 3 atom stereocenters. The van der Waals surface area contributed by atoms with E-state index in [0.29, 0.717) is 19.3 Å². The maximum absolute atomic E-state index is 12.8. The van der Waals surface area contributed by atoms with Gasteiger partial charge in [0.2, 0.25) is 0 Å². The normalized spacial score (nSPS) is 14.0. The molecule has 0 bridgehead atoms. The average molecular weight is 951 g/mol. The Morgan fingerprint density at radius 2 is 0.818 bits per heavy atom. The van der Waals surface area contributed by atoms with E-state index >= 15 is 0 Å². The van der Waals surface area contributed by atoms with Crippen molar-refractivity contribution in [3.8, 4) is 0 Å². The molecule has 66 heavy (non-hydrogen) atoms. The molecule has 0 aromatic carbocycles. The van der Waals surface area contributed by atoms with Crippen molar-refractivity contribution in [3.05, 3.63) is 60.8 Å². The molecule has 0 aromatic rings. The molecule has 3 unspecified atom stereocenters. The number of phosphoric acid groups is 1. The SMILES string of the molecule is CC/C=C\C/C=C\C/C=C\CCCCCCCC(=O)OC(COC(=O)CCCCCCC/C=C\C/C=C\CCC)COP(=O)(O)OCC(CO)OC(=O)CCCCCCCCCCCCC. The van der Waals surface area contributed by atoms with Gasteiger partial charge in [-0.2, -0.15) is 0 Å². The summed E-state index contributed by atoms with van der Waals surface area (Å²) in [7, 11) is -4.75. The molecule has 0 aliphatic heterocycles. The van der Waals surface area contributed by atoms with Crippen molar-refractivity contribution in [2.45, 2.75) is 238 Å². The fourth-order valence-electron chi connectivity index (χ4n) is 6.94. The summed E-state index contributed by atoms with van der Waals surface area (Å²) in [5, 5.41) is 9.76. The highest BCUT2D eigenvalue weighted by atomic mass is 31.2. The molecule has 0 aliphatic rings. The Hall–Kier alpha value is -2.82. The van der Waals surface area contributed by atoms with E-state index in [1.807, 2.05) is 0 Å². The molecular formula is C54H95O11P. The Balaban J connectivity index is 4.79. The molecule has 0 spiro atoms. The van der Waals surface area contributed by atoms with Crippen molar-refractivity contribution >= 4 is 25.7 Å². The topological polar surface area (TPSA) is 155 Å². The van der Waals surface area contributed by atoms with Crippen LogP contribution in [-0.4, -0.2) is 66.5 Å². The second kappa shape index (κ2) is 48.6. The third-order valence-electron chi connectivity index (χ3n) is 10.9. The quantitative estimate of drug-likeness (QED) is 0.0197. The van der Waals surface area contributed by atoms with E-state index in [0.717, 1.165) is 116 Å². The number of hydrogen-bond acceptors (Lipinski definition) is 10. The number of esters is 3. The van der Waals surface area contributed by atoms with Crippen LogP contribution in [0.5, 0.6) is 0 Å². The molecule has 0 fully saturated rings. The predicted molar refractivity (Wildman–Crippen MR) is 270 cm³/mol. The van der Waals surface area contributed by atoms with Gasteiger partial charge in [0, 0.05) is 19.3 Å². The van der Waals surface area contributed by atoms with Gasteiger partial charge in [-0.05, 0) is 77.0 Å². The van der Waals surface area contributed by atoms with Crippen LogP contribution in [0.1, 0.15) is 226 Å². The average Bonchev–Trinajstić information content (AvgIpc) is 3.30. The van der Waals surface area contributed by atoms with Crippen LogP contribution >= 0.6 is 7.82 Å². The highest BCUT2D eigenvalue weighted by Crippen LogP contribution is 2.43. The molecule has 0 rings (SSSR count). The summed E-state index contributed by atoms with van der Waals surface area (Å²) in [6.45, 7) is 4.41. The van der Waals surface area contributed by atoms with Gasteiger partial charge in [-0.1, -0.05) is 191 Å². The van der Waals surface area contributed by atoms with Crippen molar-refractivity contribution in [2.75, 3.05) is 26.4 Å². The fourth-order valence-corrected chi connectivity index (χ4v) is 7.72. The lowest BCUT2D eigenvalue weighted by atomic mass is 10.1. The molecule has 0 amide bonds. The number of carbonyl (C=O) groups excluding carboxylic acids is 3. The lowest BCUT2D eigenvalue weighted by molar-refractivity contribution is -0.161. The van der Waals surface area contributed by atoms with Gasteiger partial charge in [-0.15, -0.1) is 0 Å². The van der Waals surface area contributed by atoms with Gasteiger partial charge in [0.05, 0.1) is 19.8 Å². The number of ether oxygens (including phenoxy) is 3. The zero-order chi connectivity index (χ0) is 48.4. The minimum atomic E-state index is -4.75. The van der Waals surface area contributed by atoms with E-state index in [9.17, 15) is 28.9 Å². The number of allylic oxidation sites excluding steroid dienone is 10. The van der Waals surface area contributed by atoms with Crippen molar-refractivity contribution in [3.63, 3.8) is 0 Å². The Kier molecular flexibility index (Phi) is 46.6. The summed E-state index contributed by atoms with van der Waals surface area (Å²) >= 11 is 0. The van der Waals surface area contributed by atoms with E-state index < -0.39 is 57.8 Å². The van der Waals surface area contributed by atoms with E-state index in [4.69, 9.17) is 23.3 Å². The minimum Gasteiger partial charge on any atom is -0.462 e. The van der Waals surface area contributed by atoms with Gasteiger partial charge < -0.3 is 24.2 Å². The Morgan fingerprint density at radius 3 is 1.27 bits per heavy atom.